The van der Waals surface area contributed by atoms with Gasteiger partial charge in [0, 0.05) is 37.4 Å². The minimum absolute atomic E-state index is 0.0131. The number of rotatable bonds is 8. The first-order valence-electron chi connectivity index (χ1n) is 11.0. The summed E-state index contributed by atoms with van der Waals surface area (Å²) in [5, 5.41) is 5.13. The molecule has 2 heterocycles. The van der Waals surface area contributed by atoms with Crippen LogP contribution in [0.15, 0.2) is 58.9 Å². The van der Waals surface area contributed by atoms with E-state index in [1.54, 1.807) is 25.3 Å². The molecule has 1 aliphatic heterocycles. The highest BCUT2D eigenvalue weighted by Gasteiger charge is 2.33. The molecule has 1 atom stereocenters. The van der Waals surface area contributed by atoms with Gasteiger partial charge in [-0.1, -0.05) is 17.3 Å². The Morgan fingerprint density at radius 3 is 2.84 bits per heavy atom. The third kappa shape index (κ3) is 4.84. The van der Waals surface area contributed by atoms with Crippen molar-refractivity contribution in [3.63, 3.8) is 0 Å². The van der Waals surface area contributed by atoms with Crippen molar-refractivity contribution in [2.75, 3.05) is 33.4 Å². The van der Waals surface area contributed by atoms with E-state index < -0.39 is 5.60 Å². The number of hydrogen-bond acceptors (Lipinski definition) is 6. The molecule has 6 nitrogen and oxygen atoms in total. The van der Waals surface area contributed by atoms with Crippen molar-refractivity contribution in [3.05, 3.63) is 65.8 Å². The molecule has 7 heteroatoms. The van der Waals surface area contributed by atoms with Gasteiger partial charge in [0.1, 0.15) is 23.8 Å². The number of carbonyl (C=O) groups is 1. The van der Waals surface area contributed by atoms with Gasteiger partial charge in [-0.3, -0.25) is 9.69 Å². The monoisotopic (exact) mass is 440 g/mol. The average molecular weight is 441 g/mol. The first-order valence-corrected chi connectivity index (χ1v) is 11.0. The normalized spacial score (nSPS) is 22.5. The van der Waals surface area contributed by atoms with E-state index in [1.165, 1.54) is 19.1 Å². The SMILES string of the molecule is COC1(C(C)=O)C=CC(OC/C=C\CN2CCC(c3noc4cc(F)ccc34)CC2)=CC1. The number of halogens is 1. The summed E-state index contributed by atoms with van der Waals surface area (Å²) in [5.74, 6) is 0.773. The quantitative estimate of drug-likeness (QED) is 0.562. The van der Waals surface area contributed by atoms with Gasteiger partial charge in [-0.05, 0) is 63.2 Å². The summed E-state index contributed by atoms with van der Waals surface area (Å²) >= 11 is 0. The molecule has 1 aromatic carbocycles. The van der Waals surface area contributed by atoms with Crippen molar-refractivity contribution in [1.82, 2.24) is 10.1 Å². The van der Waals surface area contributed by atoms with E-state index >= 15 is 0 Å². The second-order valence-corrected chi connectivity index (χ2v) is 8.36. The minimum atomic E-state index is -0.858. The lowest BCUT2D eigenvalue weighted by molar-refractivity contribution is -0.133. The molecule has 1 fully saturated rings. The second-order valence-electron chi connectivity index (χ2n) is 8.36. The Kier molecular flexibility index (Phi) is 6.86. The number of piperidine rings is 1. The van der Waals surface area contributed by atoms with Gasteiger partial charge < -0.3 is 14.0 Å². The third-order valence-electron chi connectivity index (χ3n) is 6.40. The summed E-state index contributed by atoms with van der Waals surface area (Å²) in [6, 6.07) is 4.61. The van der Waals surface area contributed by atoms with Crippen LogP contribution >= 0.6 is 0 Å². The minimum Gasteiger partial charge on any atom is -0.490 e. The van der Waals surface area contributed by atoms with Crippen LogP contribution in [0.5, 0.6) is 0 Å². The lowest BCUT2D eigenvalue weighted by Crippen LogP contribution is -2.37. The molecule has 4 rings (SSSR count). The maximum absolute atomic E-state index is 13.4. The number of ketones is 1. The van der Waals surface area contributed by atoms with Crippen LogP contribution in [0, 0.1) is 5.82 Å². The predicted molar refractivity (Wildman–Crippen MR) is 120 cm³/mol. The number of allylic oxidation sites excluding steroid dienone is 1. The number of hydrogen-bond donors (Lipinski definition) is 0. The van der Waals surface area contributed by atoms with Gasteiger partial charge in [0.05, 0.1) is 5.69 Å². The van der Waals surface area contributed by atoms with E-state index in [4.69, 9.17) is 14.0 Å². The van der Waals surface area contributed by atoms with E-state index in [2.05, 4.69) is 16.1 Å². The Morgan fingerprint density at radius 1 is 1.34 bits per heavy atom. The van der Waals surface area contributed by atoms with Crippen LogP contribution in [0.3, 0.4) is 0 Å². The Hall–Kier alpha value is -2.77. The molecule has 1 aliphatic carbocycles. The van der Waals surface area contributed by atoms with Gasteiger partial charge >= 0.3 is 0 Å². The highest BCUT2D eigenvalue weighted by molar-refractivity contribution is 5.88. The summed E-state index contributed by atoms with van der Waals surface area (Å²) in [6.07, 6.45) is 12.1. The third-order valence-corrected chi connectivity index (χ3v) is 6.40. The summed E-state index contributed by atoms with van der Waals surface area (Å²) in [6.45, 7) is 4.84. The standard InChI is InChI=1S/C25H29FN2O4/c1-18(29)25(30-2)11-7-21(8-12-25)31-16-4-3-13-28-14-9-19(10-15-28)24-22-6-5-20(26)17-23(22)32-27-24/h3-8,11,17,19H,9-10,12-16H2,1-2H3/b4-3-. The van der Waals surface area contributed by atoms with Crippen LogP contribution in [0.4, 0.5) is 4.39 Å². The van der Waals surface area contributed by atoms with Crippen molar-refractivity contribution in [1.29, 1.82) is 0 Å². The first kappa shape index (κ1) is 22.4. The van der Waals surface area contributed by atoms with Gasteiger partial charge in [-0.15, -0.1) is 0 Å². The van der Waals surface area contributed by atoms with Gasteiger partial charge in [0.2, 0.25) is 0 Å². The summed E-state index contributed by atoms with van der Waals surface area (Å²) in [5.41, 5.74) is 0.602. The van der Waals surface area contributed by atoms with Crippen LogP contribution in [0.1, 0.15) is 37.8 Å². The van der Waals surface area contributed by atoms with Crippen LogP contribution in [-0.2, 0) is 14.3 Å². The number of carbonyl (C=O) groups excluding carboxylic acids is 1. The maximum Gasteiger partial charge on any atom is 0.170 e. The summed E-state index contributed by atoms with van der Waals surface area (Å²) in [7, 11) is 1.55. The van der Waals surface area contributed by atoms with E-state index in [1.807, 2.05) is 12.2 Å². The molecule has 0 N–H and O–H groups in total. The molecule has 32 heavy (non-hydrogen) atoms. The largest absolute Gasteiger partial charge is 0.490 e. The highest BCUT2D eigenvalue weighted by Crippen LogP contribution is 2.32. The van der Waals surface area contributed by atoms with Crippen molar-refractivity contribution >= 4 is 16.8 Å². The van der Waals surface area contributed by atoms with Crippen molar-refractivity contribution < 1.29 is 23.2 Å². The van der Waals surface area contributed by atoms with E-state index in [9.17, 15) is 9.18 Å². The fraction of sp³-hybridized carbons (Fsp3) is 0.440. The zero-order valence-corrected chi connectivity index (χ0v) is 18.6. The fourth-order valence-electron chi connectivity index (χ4n) is 4.32. The number of Topliss-reactive ketones (excluding diaryl/α,β-unsaturated/α-hetero) is 1. The second kappa shape index (κ2) is 9.79. The van der Waals surface area contributed by atoms with Crippen LogP contribution in [-0.4, -0.2) is 54.8 Å². The molecule has 1 aromatic heterocycles. The average Bonchev–Trinajstić information content (AvgIpc) is 3.22. The molecule has 1 unspecified atom stereocenters. The molecule has 0 amide bonds. The van der Waals surface area contributed by atoms with Gasteiger partial charge in [-0.25, -0.2) is 4.39 Å². The van der Waals surface area contributed by atoms with Crippen molar-refractivity contribution in [2.45, 2.75) is 37.7 Å². The molecule has 1 saturated heterocycles. The number of benzene rings is 1. The molecule has 2 aliphatic rings. The van der Waals surface area contributed by atoms with Crippen molar-refractivity contribution in [3.8, 4) is 0 Å². The smallest absolute Gasteiger partial charge is 0.170 e. The van der Waals surface area contributed by atoms with E-state index in [-0.39, 0.29) is 11.6 Å². The Morgan fingerprint density at radius 2 is 2.16 bits per heavy atom. The zero-order valence-electron chi connectivity index (χ0n) is 18.6. The summed E-state index contributed by atoms with van der Waals surface area (Å²) in [4.78, 5) is 14.2. The van der Waals surface area contributed by atoms with Crippen LogP contribution < -0.4 is 0 Å². The van der Waals surface area contributed by atoms with Gasteiger partial charge in [0.25, 0.3) is 0 Å². The topological polar surface area (TPSA) is 64.8 Å². The van der Waals surface area contributed by atoms with E-state index in [0.29, 0.717) is 24.5 Å². The maximum atomic E-state index is 13.4. The fourth-order valence-corrected chi connectivity index (χ4v) is 4.32. The molecular formula is C25H29FN2O4. The Balaban J connectivity index is 1.19. The first-order chi connectivity index (χ1) is 15.5. The molecule has 0 radical (unpaired) electrons. The molecule has 0 bridgehead atoms. The lowest BCUT2D eigenvalue weighted by atomic mass is 9.91. The number of nitrogens with zero attached hydrogens (tertiary/aromatic N) is 2. The summed E-state index contributed by atoms with van der Waals surface area (Å²) < 4.78 is 29.8. The molecule has 170 valence electrons. The Bertz CT molecular complexity index is 1050. The van der Waals surface area contributed by atoms with Gasteiger partial charge in [0.15, 0.2) is 11.4 Å². The number of ether oxygens (including phenoxy) is 2. The molecule has 0 saturated carbocycles. The van der Waals surface area contributed by atoms with Crippen LogP contribution in [0.25, 0.3) is 11.0 Å². The van der Waals surface area contributed by atoms with E-state index in [0.717, 1.165) is 49.3 Å². The number of fused-ring (bicyclic) bond motifs is 1. The molecular weight excluding hydrogens is 411 g/mol. The molecule has 0 spiro atoms. The van der Waals surface area contributed by atoms with Crippen LogP contribution in [0.2, 0.25) is 0 Å². The number of aromatic nitrogens is 1. The number of likely N-dealkylation sites (tertiary alicyclic amines) is 1. The molecule has 2 aromatic rings. The Labute approximate surface area is 187 Å². The lowest BCUT2D eigenvalue weighted by Gasteiger charge is -2.30. The predicted octanol–water partition coefficient (Wildman–Crippen LogP) is 4.54. The number of methoxy groups -OCH3 is 1. The van der Waals surface area contributed by atoms with Gasteiger partial charge in [-0.2, -0.15) is 0 Å². The van der Waals surface area contributed by atoms with Crippen molar-refractivity contribution in [2.24, 2.45) is 0 Å². The zero-order chi connectivity index (χ0) is 22.6. The highest BCUT2D eigenvalue weighted by atomic mass is 19.1.